The van der Waals surface area contributed by atoms with Crippen molar-refractivity contribution in [2.75, 3.05) is 11.9 Å². The van der Waals surface area contributed by atoms with Crippen LogP contribution in [-0.2, 0) is 18.3 Å². The molecule has 0 aliphatic carbocycles. The van der Waals surface area contributed by atoms with Crippen LogP contribution in [0.2, 0.25) is 0 Å². The van der Waals surface area contributed by atoms with Crippen molar-refractivity contribution in [3.63, 3.8) is 0 Å². The van der Waals surface area contributed by atoms with Crippen LogP contribution < -0.4 is 10.6 Å². The van der Waals surface area contributed by atoms with Crippen LogP contribution in [0.15, 0.2) is 6.20 Å². The Labute approximate surface area is 109 Å². The van der Waals surface area contributed by atoms with Crippen LogP contribution in [0.3, 0.4) is 0 Å². The van der Waals surface area contributed by atoms with Gasteiger partial charge in [-0.05, 0) is 19.8 Å². The molecule has 0 fully saturated rings. The monoisotopic (exact) mass is 252 g/mol. The lowest BCUT2D eigenvalue weighted by molar-refractivity contribution is -0.120. The molecule has 5 heteroatoms. The summed E-state index contributed by atoms with van der Waals surface area (Å²) in [5, 5.41) is 10.4. The number of rotatable bonds is 7. The summed E-state index contributed by atoms with van der Waals surface area (Å²) < 4.78 is 1.76. The van der Waals surface area contributed by atoms with Crippen molar-refractivity contribution in [2.45, 2.75) is 46.1 Å². The average Bonchev–Trinajstić information content (AvgIpc) is 2.67. The Morgan fingerprint density at radius 1 is 1.50 bits per heavy atom. The van der Waals surface area contributed by atoms with Crippen molar-refractivity contribution >= 4 is 11.6 Å². The third kappa shape index (κ3) is 4.39. The Bertz CT molecular complexity index is 386. The molecule has 0 spiro atoms. The minimum absolute atomic E-state index is 0.0295. The highest BCUT2D eigenvalue weighted by Crippen LogP contribution is 2.12. The van der Waals surface area contributed by atoms with Gasteiger partial charge in [-0.15, -0.1) is 0 Å². The number of aryl methyl sites for hydroxylation is 2. The SMILES string of the molecule is CCCC(C)NC(=O)CNc1cn(C)nc1CC. The highest BCUT2D eigenvalue weighted by Gasteiger charge is 2.09. The predicted molar refractivity (Wildman–Crippen MR) is 73.6 cm³/mol. The fourth-order valence-electron chi connectivity index (χ4n) is 1.95. The summed E-state index contributed by atoms with van der Waals surface area (Å²) in [7, 11) is 1.88. The van der Waals surface area contributed by atoms with Crippen molar-refractivity contribution in [3.05, 3.63) is 11.9 Å². The van der Waals surface area contributed by atoms with E-state index in [1.54, 1.807) is 4.68 Å². The summed E-state index contributed by atoms with van der Waals surface area (Å²) in [5.41, 5.74) is 1.94. The average molecular weight is 252 g/mol. The van der Waals surface area contributed by atoms with Gasteiger partial charge in [-0.1, -0.05) is 20.3 Å². The van der Waals surface area contributed by atoms with Gasteiger partial charge in [-0.2, -0.15) is 5.10 Å². The molecule has 1 aromatic rings. The van der Waals surface area contributed by atoms with Crippen molar-refractivity contribution in [2.24, 2.45) is 7.05 Å². The fourth-order valence-corrected chi connectivity index (χ4v) is 1.95. The molecule has 0 saturated carbocycles. The second-order valence-electron chi connectivity index (χ2n) is 4.63. The first-order chi connectivity index (χ1) is 8.56. The predicted octanol–water partition coefficient (Wildman–Crippen LogP) is 1.70. The molecule has 0 radical (unpaired) electrons. The highest BCUT2D eigenvalue weighted by atomic mass is 16.1. The van der Waals surface area contributed by atoms with E-state index >= 15 is 0 Å². The first-order valence-electron chi connectivity index (χ1n) is 6.62. The molecular weight excluding hydrogens is 228 g/mol. The number of anilines is 1. The van der Waals surface area contributed by atoms with Gasteiger partial charge in [0.15, 0.2) is 0 Å². The molecule has 0 bridgehead atoms. The number of nitrogens with one attached hydrogen (secondary N) is 2. The van der Waals surface area contributed by atoms with Crippen LogP contribution in [0.5, 0.6) is 0 Å². The largest absolute Gasteiger partial charge is 0.373 e. The molecule has 0 aromatic carbocycles. The molecule has 1 unspecified atom stereocenters. The maximum atomic E-state index is 11.7. The number of carbonyl (C=O) groups excluding carboxylic acids is 1. The van der Waals surface area contributed by atoms with E-state index in [0.29, 0.717) is 6.54 Å². The van der Waals surface area contributed by atoms with Crippen molar-refractivity contribution in [1.82, 2.24) is 15.1 Å². The maximum absolute atomic E-state index is 11.7. The third-order valence-corrected chi connectivity index (χ3v) is 2.81. The summed E-state index contributed by atoms with van der Waals surface area (Å²) in [6.45, 7) is 6.50. The number of hydrogen-bond donors (Lipinski definition) is 2. The number of hydrogen-bond acceptors (Lipinski definition) is 3. The molecule has 18 heavy (non-hydrogen) atoms. The first kappa shape index (κ1) is 14.5. The summed E-state index contributed by atoms with van der Waals surface area (Å²) in [4.78, 5) is 11.7. The number of amides is 1. The maximum Gasteiger partial charge on any atom is 0.239 e. The Hall–Kier alpha value is -1.52. The molecule has 0 saturated heterocycles. The van der Waals surface area contributed by atoms with Crippen LogP contribution in [-0.4, -0.2) is 28.3 Å². The van der Waals surface area contributed by atoms with Gasteiger partial charge in [0.05, 0.1) is 17.9 Å². The molecular formula is C13H24N4O. The van der Waals surface area contributed by atoms with Crippen molar-refractivity contribution in [1.29, 1.82) is 0 Å². The smallest absolute Gasteiger partial charge is 0.239 e. The lowest BCUT2D eigenvalue weighted by Crippen LogP contribution is -2.36. The van der Waals surface area contributed by atoms with E-state index in [0.717, 1.165) is 30.6 Å². The Morgan fingerprint density at radius 2 is 2.22 bits per heavy atom. The number of aromatic nitrogens is 2. The van der Waals surface area contributed by atoms with E-state index in [1.165, 1.54) is 0 Å². The van der Waals surface area contributed by atoms with Gasteiger partial charge in [0, 0.05) is 19.3 Å². The van der Waals surface area contributed by atoms with Crippen LogP contribution >= 0.6 is 0 Å². The zero-order chi connectivity index (χ0) is 13.5. The molecule has 102 valence electrons. The second-order valence-corrected chi connectivity index (χ2v) is 4.63. The standard InChI is InChI=1S/C13H24N4O/c1-5-7-10(3)15-13(18)8-14-12-9-17(4)16-11(12)6-2/h9-10,14H,5-8H2,1-4H3,(H,15,18). The minimum Gasteiger partial charge on any atom is -0.373 e. The Morgan fingerprint density at radius 3 is 2.83 bits per heavy atom. The van der Waals surface area contributed by atoms with E-state index in [-0.39, 0.29) is 11.9 Å². The zero-order valence-electron chi connectivity index (χ0n) is 11.8. The zero-order valence-corrected chi connectivity index (χ0v) is 11.8. The molecule has 1 amide bonds. The summed E-state index contributed by atoms with van der Waals surface area (Å²) in [6.07, 6.45) is 4.86. The lowest BCUT2D eigenvalue weighted by Gasteiger charge is -2.13. The van der Waals surface area contributed by atoms with Gasteiger partial charge in [-0.3, -0.25) is 9.48 Å². The van der Waals surface area contributed by atoms with E-state index in [4.69, 9.17) is 0 Å². The van der Waals surface area contributed by atoms with Crippen LogP contribution in [0, 0.1) is 0 Å². The van der Waals surface area contributed by atoms with Gasteiger partial charge in [0.1, 0.15) is 0 Å². The molecule has 5 nitrogen and oxygen atoms in total. The first-order valence-corrected chi connectivity index (χ1v) is 6.62. The van der Waals surface area contributed by atoms with Gasteiger partial charge in [0.2, 0.25) is 5.91 Å². The normalized spacial score (nSPS) is 12.2. The van der Waals surface area contributed by atoms with Gasteiger partial charge in [-0.25, -0.2) is 0 Å². The minimum atomic E-state index is 0.0295. The Balaban J connectivity index is 2.42. The third-order valence-electron chi connectivity index (χ3n) is 2.81. The van der Waals surface area contributed by atoms with Gasteiger partial charge < -0.3 is 10.6 Å². The van der Waals surface area contributed by atoms with Gasteiger partial charge in [0.25, 0.3) is 0 Å². The number of carbonyl (C=O) groups is 1. The molecule has 1 aromatic heterocycles. The van der Waals surface area contributed by atoms with E-state index in [1.807, 2.05) is 20.2 Å². The van der Waals surface area contributed by atoms with Gasteiger partial charge >= 0.3 is 0 Å². The highest BCUT2D eigenvalue weighted by molar-refractivity contribution is 5.81. The van der Waals surface area contributed by atoms with Crippen LogP contribution in [0.4, 0.5) is 5.69 Å². The van der Waals surface area contributed by atoms with Crippen LogP contribution in [0.25, 0.3) is 0 Å². The molecule has 1 heterocycles. The molecule has 1 rings (SSSR count). The van der Waals surface area contributed by atoms with E-state index < -0.39 is 0 Å². The van der Waals surface area contributed by atoms with Crippen molar-refractivity contribution < 1.29 is 4.79 Å². The van der Waals surface area contributed by atoms with Crippen LogP contribution in [0.1, 0.15) is 39.3 Å². The molecule has 1 atom stereocenters. The second kappa shape index (κ2) is 7.03. The topological polar surface area (TPSA) is 59.0 Å². The Kier molecular flexibility index (Phi) is 5.68. The van der Waals surface area contributed by atoms with Crippen molar-refractivity contribution in [3.8, 4) is 0 Å². The summed E-state index contributed by atoms with van der Waals surface area (Å²) >= 11 is 0. The molecule has 0 aliphatic rings. The molecule has 0 aliphatic heterocycles. The molecule has 2 N–H and O–H groups in total. The lowest BCUT2D eigenvalue weighted by atomic mass is 10.2. The quantitative estimate of drug-likeness (QED) is 0.776. The van der Waals surface area contributed by atoms with E-state index in [9.17, 15) is 4.79 Å². The summed E-state index contributed by atoms with van der Waals surface area (Å²) in [5.74, 6) is 0.0295. The van der Waals surface area contributed by atoms with E-state index in [2.05, 4.69) is 29.6 Å². The number of nitrogens with zero attached hydrogens (tertiary/aromatic N) is 2. The fraction of sp³-hybridized carbons (Fsp3) is 0.692. The summed E-state index contributed by atoms with van der Waals surface area (Å²) in [6, 6.07) is 0.240.